The number of rotatable bonds is 5. The summed E-state index contributed by atoms with van der Waals surface area (Å²) in [4.78, 5) is 8.08. The maximum Gasteiger partial charge on any atom is 0.149 e. The monoisotopic (exact) mass is 269 g/mol. The summed E-state index contributed by atoms with van der Waals surface area (Å²) in [6, 6.07) is 0. The zero-order valence-corrected chi connectivity index (χ0v) is 11.3. The Labute approximate surface area is 113 Å². The van der Waals surface area contributed by atoms with Crippen LogP contribution in [0.2, 0.25) is 5.15 Å². The van der Waals surface area contributed by atoms with Gasteiger partial charge >= 0.3 is 0 Å². The van der Waals surface area contributed by atoms with E-state index in [9.17, 15) is 0 Å². The molecular weight excluding hydrogens is 250 g/mol. The molecule has 0 saturated heterocycles. The summed E-state index contributed by atoms with van der Waals surface area (Å²) < 4.78 is 5.87. The predicted octanol–water partition coefficient (Wildman–Crippen LogP) is 3.28. The molecule has 1 aliphatic carbocycles. The summed E-state index contributed by atoms with van der Waals surface area (Å²) in [5.41, 5.74) is 0. The first-order valence-electron chi connectivity index (χ1n) is 6.67. The van der Waals surface area contributed by atoms with Crippen LogP contribution in [0.15, 0.2) is 12.4 Å². The highest BCUT2D eigenvalue weighted by Crippen LogP contribution is 2.19. The van der Waals surface area contributed by atoms with Crippen molar-refractivity contribution in [3.8, 4) is 0 Å². The van der Waals surface area contributed by atoms with Gasteiger partial charge in [0.2, 0.25) is 0 Å². The molecule has 1 fully saturated rings. The van der Waals surface area contributed by atoms with Crippen molar-refractivity contribution >= 4 is 17.4 Å². The molecule has 0 aromatic carbocycles. The molecule has 0 aliphatic heterocycles. The van der Waals surface area contributed by atoms with Gasteiger partial charge in [0.05, 0.1) is 25.1 Å². The van der Waals surface area contributed by atoms with Gasteiger partial charge in [-0.2, -0.15) is 0 Å². The third-order valence-corrected chi connectivity index (χ3v) is 3.35. The van der Waals surface area contributed by atoms with Crippen LogP contribution in [0.25, 0.3) is 0 Å². The van der Waals surface area contributed by atoms with Gasteiger partial charge in [-0.25, -0.2) is 4.98 Å². The average molecular weight is 270 g/mol. The third-order valence-electron chi connectivity index (χ3n) is 3.17. The molecule has 0 radical (unpaired) electrons. The van der Waals surface area contributed by atoms with Crippen LogP contribution in [0.3, 0.4) is 0 Å². The van der Waals surface area contributed by atoms with Gasteiger partial charge in [-0.05, 0) is 12.8 Å². The molecule has 0 spiro atoms. The number of halogens is 1. The summed E-state index contributed by atoms with van der Waals surface area (Å²) in [7, 11) is 0. The highest BCUT2D eigenvalue weighted by Gasteiger charge is 2.11. The van der Waals surface area contributed by atoms with Crippen molar-refractivity contribution in [3.63, 3.8) is 0 Å². The van der Waals surface area contributed by atoms with Crippen molar-refractivity contribution in [1.29, 1.82) is 0 Å². The van der Waals surface area contributed by atoms with Gasteiger partial charge in [0, 0.05) is 6.54 Å². The van der Waals surface area contributed by atoms with E-state index in [4.69, 9.17) is 16.3 Å². The smallest absolute Gasteiger partial charge is 0.149 e. The lowest BCUT2D eigenvalue weighted by Gasteiger charge is -2.15. The van der Waals surface area contributed by atoms with Gasteiger partial charge in [-0.15, -0.1) is 0 Å². The van der Waals surface area contributed by atoms with Gasteiger partial charge in [-0.1, -0.05) is 37.3 Å². The van der Waals surface area contributed by atoms with E-state index in [0.717, 1.165) is 6.54 Å². The van der Waals surface area contributed by atoms with Gasteiger partial charge in [0.15, 0.2) is 0 Å². The van der Waals surface area contributed by atoms with Crippen LogP contribution in [-0.2, 0) is 4.74 Å². The minimum Gasteiger partial charge on any atom is -0.376 e. The number of aromatic nitrogens is 2. The minimum atomic E-state index is 0.407. The van der Waals surface area contributed by atoms with E-state index in [1.807, 2.05) is 0 Å². The van der Waals surface area contributed by atoms with Crippen molar-refractivity contribution in [2.75, 3.05) is 18.5 Å². The first kappa shape index (κ1) is 13.6. The number of hydrogen-bond donors (Lipinski definition) is 1. The van der Waals surface area contributed by atoms with E-state index in [1.165, 1.54) is 44.7 Å². The Morgan fingerprint density at radius 2 is 2.00 bits per heavy atom. The third kappa shape index (κ3) is 4.78. The highest BCUT2D eigenvalue weighted by molar-refractivity contribution is 6.29. The Balaban J connectivity index is 1.63. The fourth-order valence-electron chi connectivity index (χ4n) is 2.24. The molecule has 0 amide bonds. The first-order valence-corrected chi connectivity index (χ1v) is 7.05. The van der Waals surface area contributed by atoms with Crippen molar-refractivity contribution < 1.29 is 4.74 Å². The highest BCUT2D eigenvalue weighted by atomic mass is 35.5. The fraction of sp³-hybridized carbons (Fsp3) is 0.692. The zero-order valence-electron chi connectivity index (χ0n) is 10.6. The number of ether oxygens (including phenoxy) is 1. The second-order valence-electron chi connectivity index (χ2n) is 4.64. The van der Waals surface area contributed by atoms with Crippen LogP contribution in [-0.4, -0.2) is 29.2 Å². The molecule has 1 aliphatic rings. The Bertz CT molecular complexity index is 354. The summed E-state index contributed by atoms with van der Waals surface area (Å²) >= 11 is 5.75. The normalized spacial score (nSPS) is 17.4. The first-order chi connectivity index (χ1) is 8.84. The standard InChI is InChI=1S/C13H20ClN3O/c14-12-9-15-10-13(17-12)16-7-8-18-11-5-3-1-2-4-6-11/h9-11H,1-8H2,(H,16,17). The number of hydrogen-bond acceptors (Lipinski definition) is 4. The second-order valence-corrected chi connectivity index (χ2v) is 5.03. The Kier molecular flexibility index (Phi) is 5.68. The molecule has 0 atom stereocenters. The van der Waals surface area contributed by atoms with E-state index >= 15 is 0 Å². The lowest BCUT2D eigenvalue weighted by atomic mass is 10.1. The van der Waals surface area contributed by atoms with Gasteiger partial charge in [0.1, 0.15) is 11.0 Å². The SMILES string of the molecule is Clc1cncc(NCCOC2CCCCCC2)n1. The molecule has 1 aromatic rings. The predicted molar refractivity (Wildman–Crippen MR) is 73.0 cm³/mol. The lowest BCUT2D eigenvalue weighted by Crippen LogP contribution is -2.18. The molecule has 1 saturated carbocycles. The number of nitrogens with zero attached hydrogens (tertiary/aromatic N) is 2. The van der Waals surface area contributed by atoms with Crippen LogP contribution >= 0.6 is 11.6 Å². The fourth-order valence-corrected chi connectivity index (χ4v) is 2.39. The number of anilines is 1. The van der Waals surface area contributed by atoms with Crippen LogP contribution in [0, 0.1) is 0 Å². The van der Waals surface area contributed by atoms with E-state index in [0.29, 0.717) is 23.7 Å². The molecule has 2 rings (SSSR count). The lowest BCUT2D eigenvalue weighted by molar-refractivity contribution is 0.0501. The average Bonchev–Trinajstić information content (AvgIpc) is 2.63. The van der Waals surface area contributed by atoms with Crippen LogP contribution in [0.5, 0.6) is 0 Å². The van der Waals surface area contributed by atoms with E-state index in [2.05, 4.69) is 15.3 Å². The second kappa shape index (κ2) is 7.54. The molecule has 5 heteroatoms. The quantitative estimate of drug-likeness (QED) is 0.658. The van der Waals surface area contributed by atoms with E-state index in [-0.39, 0.29) is 0 Å². The topological polar surface area (TPSA) is 47.0 Å². The summed E-state index contributed by atoms with van der Waals surface area (Å²) in [6.07, 6.45) is 11.4. The molecule has 0 bridgehead atoms. The Morgan fingerprint density at radius 3 is 2.72 bits per heavy atom. The molecule has 1 aromatic heterocycles. The largest absolute Gasteiger partial charge is 0.376 e. The molecule has 1 N–H and O–H groups in total. The zero-order chi connectivity index (χ0) is 12.6. The summed E-state index contributed by atoms with van der Waals surface area (Å²) in [5.74, 6) is 0.701. The maximum absolute atomic E-state index is 5.87. The molecule has 18 heavy (non-hydrogen) atoms. The molecule has 4 nitrogen and oxygen atoms in total. The molecular formula is C13H20ClN3O. The van der Waals surface area contributed by atoms with Gasteiger partial charge in [0.25, 0.3) is 0 Å². The Hall–Kier alpha value is -0.870. The van der Waals surface area contributed by atoms with E-state index in [1.54, 1.807) is 6.20 Å². The molecule has 0 unspecified atom stereocenters. The van der Waals surface area contributed by atoms with Crippen LogP contribution in [0.1, 0.15) is 38.5 Å². The van der Waals surface area contributed by atoms with Crippen molar-refractivity contribution in [2.24, 2.45) is 0 Å². The van der Waals surface area contributed by atoms with Crippen LogP contribution in [0.4, 0.5) is 5.82 Å². The maximum atomic E-state index is 5.87. The molecule has 100 valence electrons. The molecule has 1 heterocycles. The van der Waals surface area contributed by atoms with Crippen molar-refractivity contribution in [3.05, 3.63) is 17.5 Å². The van der Waals surface area contributed by atoms with E-state index < -0.39 is 0 Å². The van der Waals surface area contributed by atoms with Gasteiger partial charge in [-0.3, -0.25) is 4.98 Å². The van der Waals surface area contributed by atoms with Crippen molar-refractivity contribution in [2.45, 2.75) is 44.6 Å². The number of nitrogens with one attached hydrogen (secondary N) is 1. The Morgan fingerprint density at radius 1 is 1.22 bits per heavy atom. The van der Waals surface area contributed by atoms with Crippen molar-refractivity contribution in [1.82, 2.24) is 9.97 Å². The van der Waals surface area contributed by atoms with Crippen LogP contribution < -0.4 is 5.32 Å². The minimum absolute atomic E-state index is 0.407. The summed E-state index contributed by atoms with van der Waals surface area (Å²) in [6.45, 7) is 1.45. The van der Waals surface area contributed by atoms with Gasteiger partial charge < -0.3 is 10.1 Å². The summed E-state index contributed by atoms with van der Waals surface area (Å²) in [5, 5.41) is 3.56.